The van der Waals surface area contributed by atoms with Gasteiger partial charge >= 0.3 is 0 Å². The van der Waals surface area contributed by atoms with Crippen LogP contribution in [-0.2, 0) is 19.9 Å². The van der Waals surface area contributed by atoms with Gasteiger partial charge in [0.05, 0.1) is 15.0 Å². The molecular formula is C19H23NO4S2. The van der Waals surface area contributed by atoms with E-state index in [2.05, 4.69) is 4.72 Å². The highest BCUT2D eigenvalue weighted by Crippen LogP contribution is 2.30. The summed E-state index contributed by atoms with van der Waals surface area (Å²) in [6.45, 7) is 3.65. The van der Waals surface area contributed by atoms with Gasteiger partial charge < -0.3 is 0 Å². The number of nitrogens with one attached hydrogen (secondary N) is 1. The van der Waals surface area contributed by atoms with Crippen LogP contribution < -0.4 is 4.72 Å². The molecule has 0 bridgehead atoms. The summed E-state index contributed by atoms with van der Waals surface area (Å²) < 4.78 is 52.9. The Morgan fingerprint density at radius 1 is 0.885 bits per heavy atom. The van der Waals surface area contributed by atoms with E-state index in [1.165, 1.54) is 24.3 Å². The molecule has 0 heterocycles. The molecule has 1 aliphatic rings. The summed E-state index contributed by atoms with van der Waals surface area (Å²) in [6, 6.07) is 11.1. The second-order valence-corrected chi connectivity index (χ2v) is 10.7. The largest absolute Gasteiger partial charge is 0.280 e. The van der Waals surface area contributed by atoms with Crippen LogP contribution in [0.2, 0.25) is 0 Å². The van der Waals surface area contributed by atoms with Crippen molar-refractivity contribution in [2.24, 2.45) is 0 Å². The topological polar surface area (TPSA) is 80.3 Å². The Morgan fingerprint density at radius 3 is 2.08 bits per heavy atom. The average Bonchev–Trinajstić information content (AvgIpc) is 3.10. The molecule has 26 heavy (non-hydrogen) atoms. The van der Waals surface area contributed by atoms with E-state index in [1.54, 1.807) is 19.1 Å². The molecule has 3 rings (SSSR count). The van der Waals surface area contributed by atoms with Gasteiger partial charge in [-0.05, 0) is 62.6 Å². The number of anilines is 1. The molecule has 140 valence electrons. The normalized spacial score (nSPS) is 15.9. The lowest BCUT2D eigenvalue weighted by Crippen LogP contribution is -2.18. The maximum absolute atomic E-state index is 12.6. The van der Waals surface area contributed by atoms with E-state index in [4.69, 9.17) is 0 Å². The molecule has 5 nitrogen and oxygen atoms in total. The average molecular weight is 394 g/mol. The molecule has 0 saturated heterocycles. The fourth-order valence-corrected chi connectivity index (χ4v) is 6.56. The van der Waals surface area contributed by atoms with Crippen LogP contribution in [0.3, 0.4) is 0 Å². The lowest BCUT2D eigenvalue weighted by atomic mass is 10.2. The number of aryl methyl sites for hydroxylation is 2. The Morgan fingerprint density at radius 2 is 1.50 bits per heavy atom. The first-order chi connectivity index (χ1) is 12.2. The molecule has 0 aromatic heterocycles. The first-order valence-electron chi connectivity index (χ1n) is 8.64. The van der Waals surface area contributed by atoms with Gasteiger partial charge in [0.25, 0.3) is 10.0 Å². The highest BCUT2D eigenvalue weighted by molar-refractivity contribution is 7.93. The second-order valence-electron chi connectivity index (χ2n) is 6.85. The van der Waals surface area contributed by atoms with Gasteiger partial charge in [-0.15, -0.1) is 0 Å². The standard InChI is InChI=1S/C19H23NO4S2/c1-14-7-12-19(15(2)13-14)26(23,24)20-16-8-10-18(11-9-16)25(21,22)17-5-3-4-6-17/h7-13,17,20H,3-6H2,1-2H3. The third-order valence-electron chi connectivity index (χ3n) is 4.80. The minimum Gasteiger partial charge on any atom is -0.280 e. The molecule has 0 radical (unpaired) electrons. The van der Waals surface area contributed by atoms with Crippen molar-refractivity contribution in [1.29, 1.82) is 0 Å². The molecule has 0 aliphatic heterocycles. The zero-order chi connectivity index (χ0) is 18.9. The Labute approximate surface area is 155 Å². The molecule has 2 aromatic rings. The number of rotatable bonds is 5. The Balaban J connectivity index is 1.83. The molecular weight excluding hydrogens is 370 g/mol. The van der Waals surface area contributed by atoms with Gasteiger partial charge in [-0.3, -0.25) is 4.72 Å². The van der Waals surface area contributed by atoms with E-state index in [-0.39, 0.29) is 15.0 Å². The number of sulfone groups is 1. The Kier molecular flexibility index (Phi) is 5.12. The summed E-state index contributed by atoms with van der Waals surface area (Å²) in [4.78, 5) is 0.463. The van der Waals surface area contributed by atoms with E-state index < -0.39 is 19.9 Å². The van der Waals surface area contributed by atoms with Gasteiger partial charge in [-0.2, -0.15) is 0 Å². The van der Waals surface area contributed by atoms with Crippen LogP contribution >= 0.6 is 0 Å². The summed E-state index contributed by atoms with van der Waals surface area (Å²) >= 11 is 0. The lowest BCUT2D eigenvalue weighted by molar-refractivity contribution is 0.579. The quantitative estimate of drug-likeness (QED) is 0.837. The fourth-order valence-electron chi connectivity index (χ4n) is 3.41. The summed E-state index contributed by atoms with van der Waals surface area (Å²) in [6.07, 6.45) is 3.28. The van der Waals surface area contributed by atoms with E-state index >= 15 is 0 Å². The van der Waals surface area contributed by atoms with Gasteiger partial charge in [0, 0.05) is 5.69 Å². The first kappa shape index (κ1) is 18.9. The SMILES string of the molecule is Cc1ccc(S(=O)(=O)Nc2ccc(S(=O)(=O)C3CCCC3)cc2)c(C)c1. The van der Waals surface area contributed by atoms with E-state index in [9.17, 15) is 16.8 Å². The number of hydrogen-bond donors (Lipinski definition) is 1. The van der Waals surface area contributed by atoms with E-state index in [0.29, 0.717) is 24.1 Å². The first-order valence-corrected chi connectivity index (χ1v) is 11.7. The van der Waals surface area contributed by atoms with Crippen LogP contribution in [0.1, 0.15) is 36.8 Å². The third-order valence-corrected chi connectivity index (χ3v) is 8.62. The van der Waals surface area contributed by atoms with Crippen molar-refractivity contribution >= 4 is 25.5 Å². The van der Waals surface area contributed by atoms with Crippen molar-refractivity contribution in [3.05, 3.63) is 53.6 Å². The van der Waals surface area contributed by atoms with Crippen LogP contribution in [0.25, 0.3) is 0 Å². The van der Waals surface area contributed by atoms with Gasteiger partial charge in [0.2, 0.25) is 0 Å². The minimum absolute atomic E-state index is 0.214. The molecule has 0 amide bonds. The Bertz CT molecular complexity index is 1000. The molecule has 1 fully saturated rings. The second kappa shape index (κ2) is 7.04. The molecule has 0 unspecified atom stereocenters. The van der Waals surface area contributed by atoms with Gasteiger partial charge in [-0.25, -0.2) is 16.8 Å². The van der Waals surface area contributed by atoms with Crippen molar-refractivity contribution in [3.63, 3.8) is 0 Å². The van der Waals surface area contributed by atoms with Crippen LogP contribution in [0, 0.1) is 13.8 Å². The van der Waals surface area contributed by atoms with Crippen molar-refractivity contribution in [2.45, 2.75) is 54.6 Å². The van der Waals surface area contributed by atoms with Gasteiger partial charge in [0.15, 0.2) is 9.84 Å². The third kappa shape index (κ3) is 3.78. The molecule has 1 N–H and O–H groups in total. The fraction of sp³-hybridized carbons (Fsp3) is 0.368. The van der Waals surface area contributed by atoms with Gasteiger partial charge in [0.1, 0.15) is 0 Å². The summed E-state index contributed by atoms with van der Waals surface area (Å²) in [5.41, 5.74) is 2.00. The maximum Gasteiger partial charge on any atom is 0.262 e. The van der Waals surface area contributed by atoms with Crippen LogP contribution in [0.5, 0.6) is 0 Å². The predicted octanol–water partition coefficient (Wildman–Crippen LogP) is 3.82. The lowest BCUT2D eigenvalue weighted by Gasteiger charge is -2.13. The van der Waals surface area contributed by atoms with Crippen LogP contribution in [-0.4, -0.2) is 22.1 Å². The van der Waals surface area contributed by atoms with Crippen molar-refractivity contribution in [1.82, 2.24) is 0 Å². The van der Waals surface area contributed by atoms with Crippen molar-refractivity contribution in [3.8, 4) is 0 Å². The number of benzene rings is 2. The number of sulfonamides is 1. The molecule has 1 saturated carbocycles. The summed E-state index contributed by atoms with van der Waals surface area (Å²) in [7, 11) is -7.06. The zero-order valence-corrected chi connectivity index (χ0v) is 16.5. The summed E-state index contributed by atoms with van der Waals surface area (Å²) in [5, 5.41) is -0.319. The monoisotopic (exact) mass is 393 g/mol. The zero-order valence-electron chi connectivity index (χ0n) is 14.9. The smallest absolute Gasteiger partial charge is 0.262 e. The van der Waals surface area contributed by atoms with Crippen molar-refractivity contribution in [2.75, 3.05) is 4.72 Å². The highest BCUT2D eigenvalue weighted by atomic mass is 32.2. The molecule has 1 aliphatic carbocycles. The van der Waals surface area contributed by atoms with Crippen LogP contribution in [0.15, 0.2) is 52.3 Å². The van der Waals surface area contributed by atoms with Crippen molar-refractivity contribution < 1.29 is 16.8 Å². The number of hydrogen-bond acceptors (Lipinski definition) is 4. The molecule has 0 atom stereocenters. The highest BCUT2D eigenvalue weighted by Gasteiger charge is 2.30. The Hall–Kier alpha value is -1.86. The maximum atomic E-state index is 12.6. The molecule has 2 aromatic carbocycles. The van der Waals surface area contributed by atoms with Crippen LogP contribution in [0.4, 0.5) is 5.69 Å². The molecule has 0 spiro atoms. The summed E-state index contributed by atoms with van der Waals surface area (Å²) in [5.74, 6) is 0. The van der Waals surface area contributed by atoms with E-state index in [1.807, 2.05) is 13.0 Å². The van der Waals surface area contributed by atoms with Gasteiger partial charge in [-0.1, -0.05) is 30.5 Å². The predicted molar refractivity (Wildman–Crippen MR) is 103 cm³/mol. The van der Waals surface area contributed by atoms with E-state index in [0.717, 1.165) is 18.4 Å². The molecule has 7 heteroatoms. The minimum atomic E-state index is -3.72.